The number of nitriles is 1. The minimum Gasteiger partial charge on any atom is -0.399 e. The van der Waals surface area contributed by atoms with Crippen molar-refractivity contribution in [3.8, 4) is 6.07 Å². The summed E-state index contributed by atoms with van der Waals surface area (Å²) in [7, 11) is 0. The second kappa shape index (κ2) is 5.71. The number of anilines is 3. The highest BCUT2D eigenvalue weighted by molar-refractivity contribution is 6.00. The van der Waals surface area contributed by atoms with Crippen LogP contribution in [0.5, 0.6) is 0 Å². The molecular weight excluding hydrogens is 259 g/mol. The Balaban J connectivity index is 2.13. The molecule has 0 saturated heterocycles. The summed E-state index contributed by atoms with van der Waals surface area (Å²) < 4.78 is 13.4. The number of urea groups is 1. The van der Waals surface area contributed by atoms with Crippen LogP contribution in [0.3, 0.4) is 0 Å². The van der Waals surface area contributed by atoms with E-state index in [0.717, 1.165) is 6.07 Å². The van der Waals surface area contributed by atoms with Crippen LogP contribution in [0.4, 0.5) is 26.2 Å². The third-order valence-corrected chi connectivity index (χ3v) is 2.52. The van der Waals surface area contributed by atoms with Crippen LogP contribution in [-0.2, 0) is 0 Å². The molecule has 0 unspecified atom stereocenters. The van der Waals surface area contributed by atoms with Gasteiger partial charge in [-0.3, -0.25) is 0 Å². The number of benzene rings is 2. The number of hydrogen-bond donors (Lipinski definition) is 3. The molecule has 0 saturated carbocycles. The highest BCUT2D eigenvalue weighted by Crippen LogP contribution is 2.18. The third-order valence-electron chi connectivity index (χ3n) is 2.52. The lowest BCUT2D eigenvalue weighted by atomic mass is 10.2. The van der Waals surface area contributed by atoms with Crippen molar-refractivity contribution in [1.29, 1.82) is 5.26 Å². The van der Waals surface area contributed by atoms with Crippen LogP contribution in [0.1, 0.15) is 5.56 Å². The van der Waals surface area contributed by atoms with Crippen molar-refractivity contribution in [2.75, 3.05) is 16.4 Å². The van der Waals surface area contributed by atoms with Gasteiger partial charge in [0.2, 0.25) is 0 Å². The van der Waals surface area contributed by atoms with Crippen LogP contribution < -0.4 is 16.4 Å². The van der Waals surface area contributed by atoms with Crippen molar-refractivity contribution in [2.24, 2.45) is 0 Å². The molecule has 2 rings (SSSR count). The van der Waals surface area contributed by atoms with E-state index in [1.807, 2.05) is 0 Å². The molecule has 0 spiro atoms. The zero-order valence-electron chi connectivity index (χ0n) is 10.4. The predicted octanol–water partition coefficient (Wildman–Crippen LogP) is 2.92. The highest BCUT2D eigenvalue weighted by Gasteiger charge is 2.10. The summed E-state index contributed by atoms with van der Waals surface area (Å²) in [5, 5.41) is 13.8. The first-order chi connectivity index (χ1) is 9.60. The van der Waals surface area contributed by atoms with Gasteiger partial charge in [-0.2, -0.15) is 5.26 Å². The molecule has 20 heavy (non-hydrogen) atoms. The Morgan fingerprint density at radius 1 is 1.20 bits per heavy atom. The summed E-state index contributed by atoms with van der Waals surface area (Å²) >= 11 is 0. The fraction of sp³-hybridized carbons (Fsp3) is 0. The van der Waals surface area contributed by atoms with E-state index < -0.39 is 11.8 Å². The number of nitrogens with one attached hydrogen (secondary N) is 2. The molecule has 2 amide bonds. The number of carbonyl (C=O) groups is 1. The van der Waals surface area contributed by atoms with Gasteiger partial charge in [0.15, 0.2) is 0 Å². The smallest absolute Gasteiger partial charge is 0.323 e. The first kappa shape index (κ1) is 13.4. The summed E-state index contributed by atoms with van der Waals surface area (Å²) in [6, 6.07) is 11.7. The van der Waals surface area contributed by atoms with E-state index >= 15 is 0 Å². The van der Waals surface area contributed by atoms with Gasteiger partial charge in [0, 0.05) is 11.4 Å². The zero-order chi connectivity index (χ0) is 14.5. The molecule has 2 aromatic rings. The minimum atomic E-state index is -0.686. The fourth-order valence-electron chi connectivity index (χ4n) is 1.64. The van der Waals surface area contributed by atoms with Gasteiger partial charge in [-0.05, 0) is 30.3 Å². The molecule has 4 N–H and O–H groups in total. The molecule has 0 bridgehead atoms. The van der Waals surface area contributed by atoms with Crippen LogP contribution >= 0.6 is 0 Å². The number of amides is 2. The first-order valence-electron chi connectivity index (χ1n) is 5.72. The maximum absolute atomic E-state index is 13.4. The molecule has 0 aliphatic carbocycles. The van der Waals surface area contributed by atoms with E-state index in [9.17, 15) is 9.18 Å². The molecule has 100 valence electrons. The Morgan fingerprint density at radius 2 is 1.95 bits per heavy atom. The molecule has 2 aromatic carbocycles. The van der Waals surface area contributed by atoms with Gasteiger partial charge in [0.1, 0.15) is 17.4 Å². The number of nitrogen functional groups attached to an aromatic ring is 1. The van der Waals surface area contributed by atoms with Gasteiger partial charge in [0.05, 0.1) is 5.69 Å². The molecule has 0 aliphatic heterocycles. The van der Waals surface area contributed by atoms with Gasteiger partial charge in [0.25, 0.3) is 0 Å². The van der Waals surface area contributed by atoms with Crippen molar-refractivity contribution in [3.05, 3.63) is 53.8 Å². The lowest BCUT2D eigenvalue weighted by Gasteiger charge is -2.09. The van der Waals surface area contributed by atoms with E-state index in [1.165, 1.54) is 12.1 Å². The summed E-state index contributed by atoms with van der Waals surface area (Å²) in [5.74, 6) is -0.686. The van der Waals surface area contributed by atoms with Gasteiger partial charge in [-0.1, -0.05) is 12.1 Å². The van der Waals surface area contributed by atoms with Crippen LogP contribution in [0.25, 0.3) is 0 Å². The van der Waals surface area contributed by atoms with E-state index in [-0.39, 0.29) is 11.3 Å². The Hall–Kier alpha value is -3.07. The summed E-state index contributed by atoms with van der Waals surface area (Å²) in [6.07, 6.45) is 0. The number of halogens is 1. The molecule has 0 heterocycles. The normalized spacial score (nSPS) is 9.60. The quantitative estimate of drug-likeness (QED) is 0.733. The van der Waals surface area contributed by atoms with E-state index in [4.69, 9.17) is 11.0 Å². The SMILES string of the molecule is N#Cc1c(F)cccc1NC(=O)Nc1cccc(N)c1. The van der Waals surface area contributed by atoms with Crippen LogP contribution in [0, 0.1) is 17.1 Å². The second-order valence-corrected chi connectivity index (χ2v) is 3.98. The van der Waals surface area contributed by atoms with E-state index in [1.54, 1.807) is 30.3 Å². The highest BCUT2D eigenvalue weighted by atomic mass is 19.1. The molecule has 5 nitrogen and oxygen atoms in total. The Labute approximate surface area is 114 Å². The lowest BCUT2D eigenvalue weighted by molar-refractivity contribution is 0.262. The van der Waals surface area contributed by atoms with E-state index in [0.29, 0.717) is 11.4 Å². The summed E-state index contributed by atoms with van der Waals surface area (Å²) in [6.45, 7) is 0. The predicted molar refractivity (Wildman–Crippen MR) is 74.6 cm³/mol. The number of hydrogen-bond acceptors (Lipinski definition) is 3. The average Bonchev–Trinajstić information content (AvgIpc) is 2.38. The second-order valence-electron chi connectivity index (χ2n) is 3.98. The number of carbonyl (C=O) groups excluding carboxylic acids is 1. The monoisotopic (exact) mass is 270 g/mol. The van der Waals surface area contributed by atoms with Crippen molar-refractivity contribution in [1.82, 2.24) is 0 Å². The Morgan fingerprint density at radius 3 is 2.65 bits per heavy atom. The number of nitrogens with zero attached hydrogens (tertiary/aromatic N) is 1. The van der Waals surface area contributed by atoms with Crippen LogP contribution in [0.2, 0.25) is 0 Å². The fourth-order valence-corrected chi connectivity index (χ4v) is 1.64. The summed E-state index contributed by atoms with van der Waals surface area (Å²) in [5.41, 5.74) is 6.48. The summed E-state index contributed by atoms with van der Waals surface area (Å²) in [4.78, 5) is 11.8. The van der Waals surface area contributed by atoms with E-state index in [2.05, 4.69) is 10.6 Å². The van der Waals surface area contributed by atoms with Crippen LogP contribution in [0.15, 0.2) is 42.5 Å². The maximum atomic E-state index is 13.4. The number of nitrogens with two attached hydrogens (primary N) is 1. The van der Waals surface area contributed by atoms with Crippen molar-refractivity contribution in [3.63, 3.8) is 0 Å². The Kier molecular flexibility index (Phi) is 3.82. The van der Waals surface area contributed by atoms with Gasteiger partial charge in [-0.15, -0.1) is 0 Å². The molecule has 6 heteroatoms. The lowest BCUT2D eigenvalue weighted by Crippen LogP contribution is -2.20. The van der Waals surface area contributed by atoms with Crippen molar-refractivity contribution >= 4 is 23.1 Å². The molecule has 0 atom stereocenters. The molecule has 0 aliphatic rings. The number of rotatable bonds is 2. The molecule has 0 fully saturated rings. The topological polar surface area (TPSA) is 90.9 Å². The van der Waals surface area contributed by atoms with Crippen molar-refractivity contribution in [2.45, 2.75) is 0 Å². The van der Waals surface area contributed by atoms with Crippen LogP contribution in [-0.4, -0.2) is 6.03 Å². The Bertz CT molecular complexity index is 694. The molecular formula is C14H11FN4O. The average molecular weight is 270 g/mol. The largest absolute Gasteiger partial charge is 0.399 e. The molecule has 0 radical (unpaired) electrons. The van der Waals surface area contributed by atoms with Gasteiger partial charge in [-0.25, -0.2) is 9.18 Å². The van der Waals surface area contributed by atoms with Crippen molar-refractivity contribution < 1.29 is 9.18 Å². The minimum absolute atomic E-state index is 0.105. The molecule has 0 aromatic heterocycles. The van der Waals surface area contributed by atoms with Gasteiger partial charge >= 0.3 is 6.03 Å². The maximum Gasteiger partial charge on any atom is 0.323 e. The van der Waals surface area contributed by atoms with Gasteiger partial charge < -0.3 is 16.4 Å². The third kappa shape index (κ3) is 3.03. The standard InChI is InChI=1S/C14H11FN4O/c15-12-5-2-6-13(11(12)8-16)19-14(20)18-10-4-1-3-9(17)7-10/h1-7H,17H2,(H2,18,19,20). The zero-order valence-corrected chi connectivity index (χ0v) is 10.4. The first-order valence-corrected chi connectivity index (χ1v) is 5.72.